The van der Waals surface area contributed by atoms with Gasteiger partial charge in [0.1, 0.15) is 11.9 Å². The molecule has 1 aromatic heterocycles. The van der Waals surface area contributed by atoms with Crippen LogP contribution in [0.15, 0.2) is 29.2 Å². The van der Waals surface area contributed by atoms with Crippen LogP contribution in [-0.4, -0.2) is 28.9 Å². The molecule has 1 aliphatic heterocycles. The van der Waals surface area contributed by atoms with E-state index in [4.69, 9.17) is 9.47 Å². The molecule has 152 valence electrons. The molecule has 5 nitrogen and oxygen atoms in total. The number of halogens is 5. The number of benzene rings is 1. The zero-order chi connectivity index (χ0) is 20.9. The molecule has 0 bridgehead atoms. The van der Waals surface area contributed by atoms with Crippen molar-refractivity contribution in [3.8, 4) is 5.75 Å². The van der Waals surface area contributed by atoms with Gasteiger partial charge in [-0.05, 0) is 13.0 Å². The first kappa shape index (κ1) is 20.2. The van der Waals surface area contributed by atoms with Crippen LogP contribution in [0.2, 0.25) is 0 Å². The Balaban J connectivity index is 2.23. The number of alkyl halides is 3. The Labute approximate surface area is 156 Å². The van der Waals surface area contributed by atoms with Gasteiger partial charge in [-0.15, -0.1) is 0 Å². The van der Waals surface area contributed by atoms with Gasteiger partial charge in [0.25, 0.3) is 5.56 Å². The van der Waals surface area contributed by atoms with Crippen molar-refractivity contribution in [3.63, 3.8) is 0 Å². The fourth-order valence-electron chi connectivity index (χ4n) is 3.58. The molecule has 3 rings (SSSR count). The van der Waals surface area contributed by atoms with Crippen molar-refractivity contribution in [2.24, 2.45) is 5.92 Å². The van der Waals surface area contributed by atoms with Crippen LogP contribution in [0.4, 0.5) is 22.0 Å². The van der Waals surface area contributed by atoms with E-state index in [9.17, 15) is 26.7 Å². The maximum atomic E-state index is 14.2. The van der Waals surface area contributed by atoms with E-state index < -0.39 is 52.7 Å². The van der Waals surface area contributed by atoms with E-state index in [1.807, 2.05) is 0 Å². The number of nitrogens with zero attached hydrogens (tertiary/aromatic N) is 1. The molecule has 0 aliphatic carbocycles. The van der Waals surface area contributed by atoms with Crippen molar-refractivity contribution in [1.82, 2.24) is 9.97 Å². The maximum absolute atomic E-state index is 14.2. The molecule has 1 aliphatic rings. The number of hydrogen-bond acceptors (Lipinski definition) is 4. The lowest BCUT2D eigenvalue weighted by molar-refractivity contribution is -0.275. The number of aromatic nitrogens is 2. The molecule has 1 fully saturated rings. The molecule has 0 radical (unpaired) electrons. The zero-order valence-electron chi connectivity index (χ0n) is 15.1. The molecule has 4 atom stereocenters. The summed E-state index contributed by atoms with van der Waals surface area (Å²) in [5.41, 5.74) is -3.22. The van der Waals surface area contributed by atoms with Crippen LogP contribution in [0, 0.1) is 17.6 Å². The second-order valence-corrected chi connectivity index (χ2v) is 6.76. The second-order valence-electron chi connectivity index (χ2n) is 6.76. The summed E-state index contributed by atoms with van der Waals surface area (Å²) in [6.45, 7) is 2.16. The van der Waals surface area contributed by atoms with E-state index in [1.165, 1.54) is 6.92 Å². The largest absolute Gasteiger partial charge is 0.493 e. The van der Waals surface area contributed by atoms with Gasteiger partial charge in [-0.3, -0.25) is 4.79 Å². The molecule has 1 saturated heterocycles. The average molecular weight is 404 g/mol. The predicted octanol–water partition coefficient (Wildman–Crippen LogP) is 3.87. The maximum Gasteiger partial charge on any atom is 0.417 e. The van der Waals surface area contributed by atoms with Crippen LogP contribution >= 0.6 is 0 Å². The first-order valence-corrected chi connectivity index (χ1v) is 8.33. The van der Waals surface area contributed by atoms with Gasteiger partial charge in [0, 0.05) is 29.7 Å². The van der Waals surface area contributed by atoms with Crippen LogP contribution in [0.25, 0.3) is 0 Å². The standard InChI is InChI=1S/C18H17F5N2O3/c1-8-12(9-4-5-10(19)13(20)14(9)27-3)15(16-24-7-6-11(26)25-16)28-17(8,2)18(21,22)23/h4-8,12,15H,1-3H3,(H,24,25,26)/t8-,12-,15+,17+/m0/s1. The molecule has 28 heavy (non-hydrogen) atoms. The Bertz CT molecular complexity index is 946. The highest BCUT2D eigenvalue weighted by Crippen LogP contribution is 2.58. The van der Waals surface area contributed by atoms with Crippen molar-refractivity contribution in [2.45, 2.75) is 37.6 Å². The Hall–Kier alpha value is -2.49. The summed E-state index contributed by atoms with van der Waals surface area (Å²) in [7, 11) is 1.09. The smallest absolute Gasteiger partial charge is 0.417 e. The molecule has 10 heteroatoms. The van der Waals surface area contributed by atoms with Gasteiger partial charge in [0.2, 0.25) is 5.82 Å². The van der Waals surface area contributed by atoms with E-state index in [-0.39, 0.29) is 11.4 Å². The Morgan fingerprint density at radius 1 is 1.25 bits per heavy atom. The fourth-order valence-corrected chi connectivity index (χ4v) is 3.58. The average Bonchev–Trinajstić information content (AvgIpc) is 2.90. The monoisotopic (exact) mass is 404 g/mol. The van der Waals surface area contributed by atoms with Crippen LogP contribution < -0.4 is 10.3 Å². The van der Waals surface area contributed by atoms with E-state index in [2.05, 4.69) is 9.97 Å². The van der Waals surface area contributed by atoms with Crippen molar-refractivity contribution in [1.29, 1.82) is 0 Å². The molecular formula is C18H17F5N2O3. The Morgan fingerprint density at radius 2 is 1.93 bits per heavy atom. The van der Waals surface area contributed by atoms with Crippen molar-refractivity contribution in [2.75, 3.05) is 7.11 Å². The molecule has 2 aromatic rings. The van der Waals surface area contributed by atoms with Gasteiger partial charge < -0.3 is 14.5 Å². The highest BCUT2D eigenvalue weighted by Gasteiger charge is 2.65. The third kappa shape index (κ3) is 3.05. The van der Waals surface area contributed by atoms with E-state index in [0.717, 1.165) is 38.4 Å². The van der Waals surface area contributed by atoms with Gasteiger partial charge in [0.15, 0.2) is 17.2 Å². The van der Waals surface area contributed by atoms with Gasteiger partial charge in [-0.25, -0.2) is 9.37 Å². The third-order valence-corrected chi connectivity index (χ3v) is 5.27. The van der Waals surface area contributed by atoms with Crippen molar-refractivity contribution >= 4 is 0 Å². The minimum Gasteiger partial charge on any atom is -0.493 e. The van der Waals surface area contributed by atoms with Crippen LogP contribution in [0.1, 0.15) is 37.3 Å². The number of methoxy groups -OCH3 is 1. The Kier molecular flexibility index (Phi) is 4.95. The predicted molar refractivity (Wildman–Crippen MR) is 88.0 cm³/mol. The molecular weight excluding hydrogens is 387 g/mol. The number of hydrogen-bond donors (Lipinski definition) is 1. The quantitative estimate of drug-likeness (QED) is 0.789. The lowest BCUT2D eigenvalue weighted by atomic mass is 9.77. The van der Waals surface area contributed by atoms with E-state index in [0.29, 0.717) is 0 Å². The molecule has 0 saturated carbocycles. The first-order chi connectivity index (χ1) is 13.0. The summed E-state index contributed by atoms with van der Waals surface area (Å²) in [5, 5.41) is 0. The first-order valence-electron chi connectivity index (χ1n) is 8.33. The lowest BCUT2D eigenvalue weighted by Gasteiger charge is -2.32. The molecule has 1 aromatic carbocycles. The number of ether oxygens (including phenoxy) is 2. The highest BCUT2D eigenvalue weighted by atomic mass is 19.4. The molecule has 1 N–H and O–H groups in total. The van der Waals surface area contributed by atoms with Crippen molar-refractivity contribution in [3.05, 3.63) is 57.8 Å². The summed E-state index contributed by atoms with van der Waals surface area (Å²) in [6, 6.07) is 3.05. The summed E-state index contributed by atoms with van der Waals surface area (Å²) in [4.78, 5) is 17.9. The number of rotatable bonds is 3. The summed E-state index contributed by atoms with van der Waals surface area (Å²) in [6.07, 6.45) is -5.00. The second kappa shape index (κ2) is 6.84. The number of H-pyrrole nitrogens is 1. The number of nitrogens with one attached hydrogen (secondary N) is 1. The highest BCUT2D eigenvalue weighted by molar-refractivity contribution is 5.41. The van der Waals surface area contributed by atoms with Gasteiger partial charge in [-0.2, -0.15) is 17.6 Å². The molecule has 2 heterocycles. The summed E-state index contributed by atoms with van der Waals surface area (Å²) in [5.74, 6) is -5.54. The minimum absolute atomic E-state index is 0.0154. The van der Waals surface area contributed by atoms with Gasteiger partial charge in [-0.1, -0.05) is 13.0 Å². The van der Waals surface area contributed by atoms with Crippen molar-refractivity contribution < 1.29 is 31.4 Å². The molecule has 0 amide bonds. The van der Waals surface area contributed by atoms with Gasteiger partial charge >= 0.3 is 6.18 Å². The lowest BCUT2D eigenvalue weighted by Crippen LogP contribution is -2.46. The number of aromatic amines is 1. The van der Waals surface area contributed by atoms with E-state index >= 15 is 0 Å². The topological polar surface area (TPSA) is 64.2 Å². The summed E-state index contributed by atoms with van der Waals surface area (Å²) >= 11 is 0. The third-order valence-electron chi connectivity index (χ3n) is 5.27. The van der Waals surface area contributed by atoms with Crippen LogP contribution in [0.5, 0.6) is 5.75 Å². The van der Waals surface area contributed by atoms with Crippen LogP contribution in [0.3, 0.4) is 0 Å². The summed E-state index contributed by atoms with van der Waals surface area (Å²) < 4.78 is 79.5. The van der Waals surface area contributed by atoms with E-state index in [1.54, 1.807) is 0 Å². The normalized spacial score (nSPS) is 27.8. The fraction of sp³-hybridized carbons (Fsp3) is 0.444. The SMILES string of the molecule is COc1c([C@H]2[C@H](c3nccc(=O)[nH]3)O[C@@](C)(C(F)(F)F)[C@H]2C)ccc(F)c1F. The minimum atomic E-state index is -4.76. The van der Waals surface area contributed by atoms with Gasteiger partial charge in [0.05, 0.1) is 7.11 Å². The van der Waals surface area contributed by atoms with Crippen LogP contribution in [-0.2, 0) is 4.74 Å². The molecule has 0 unspecified atom stereocenters. The molecule has 0 spiro atoms. The Morgan fingerprint density at radius 3 is 2.50 bits per heavy atom. The zero-order valence-corrected chi connectivity index (χ0v) is 15.1.